The molecule has 0 saturated carbocycles. The normalized spacial score (nSPS) is 15.2. The number of fused-ring (bicyclic) bond motifs is 7. The zero-order valence-corrected chi connectivity index (χ0v) is 15.5. The van der Waals surface area contributed by atoms with Crippen molar-refractivity contribution in [1.29, 1.82) is 0 Å². The molecule has 5 aromatic rings. The molecule has 0 aliphatic carbocycles. The van der Waals surface area contributed by atoms with E-state index in [9.17, 15) is 0 Å². The molecule has 134 valence electrons. The molecule has 1 atom stereocenters. The van der Waals surface area contributed by atoms with Gasteiger partial charge in [-0.25, -0.2) is 0 Å². The summed E-state index contributed by atoms with van der Waals surface area (Å²) in [5.41, 5.74) is 5.48. The summed E-state index contributed by atoms with van der Waals surface area (Å²) in [5.74, 6) is 1.79. The highest BCUT2D eigenvalue weighted by molar-refractivity contribution is 6.14. The van der Waals surface area contributed by atoms with Crippen LogP contribution >= 0.6 is 0 Å². The summed E-state index contributed by atoms with van der Waals surface area (Å²) >= 11 is 0. The summed E-state index contributed by atoms with van der Waals surface area (Å²) in [5, 5.41) is 3.60. The fourth-order valence-electron chi connectivity index (χ4n) is 4.31. The van der Waals surface area contributed by atoms with Crippen molar-refractivity contribution in [1.82, 2.24) is 0 Å². The molecule has 4 aromatic carbocycles. The van der Waals surface area contributed by atoms with Gasteiger partial charge >= 0.3 is 0 Å². The second-order valence-electron chi connectivity index (χ2n) is 7.41. The highest BCUT2D eigenvalue weighted by Crippen LogP contribution is 2.50. The zero-order valence-electron chi connectivity index (χ0n) is 15.5. The van der Waals surface area contributed by atoms with E-state index >= 15 is 0 Å². The molecule has 2 heterocycles. The van der Waals surface area contributed by atoms with Gasteiger partial charge in [0, 0.05) is 22.1 Å². The van der Waals surface area contributed by atoms with Crippen molar-refractivity contribution in [3.05, 3.63) is 102 Å². The van der Waals surface area contributed by atoms with Crippen LogP contribution in [-0.4, -0.2) is 0 Å². The third-order valence-corrected chi connectivity index (χ3v) is 5.60. The fraction of sp³-hybridized carbons (Fsp3) is 0.0769. The minimum absolute atomic E-state index is 0.252. The average Bonchev–Trinajstić information content (AvgIpc) is 3.14. The van der Waals surface area contributed by atoms with E-state index in [2.05, 4.69) is 73.7 Å². The number of ether oxygens (including phenoxy) is 1. The van der Waals surface area contributed by atoms with E-state index in [0.717, 1.165) is 33.8 Å². The maximum atomic E-state index is 6.45. The Morgan fingerprint density at radius 3 is 2.50 bits per heavy atom. The molecule has 0 unspecified atom stereocenters. The van der Waals surface area contributed by atoms with Crippen molar-refractivity contribution in [3.8, 4) is 16.9 Å². The SMILES string of the molecule is Cc1ccc2c(c1)-c1c(oc3ccc4ccccc4c13)[C@H](c1ccccc1)O2. The van der Waals surface area contributed by atoms with Gasteiger partial charge in [0.2, 0.25) is 0 Å². The molecule has 0 bridgehead atoms. The van der Waals surface area contributed by atoms with Crippen molar-refractivity contribution >= 4 is 21.7 Å². The molecule has 0 amide bonds. The molecule has 0 N–H and O–H groups in total. The zero-order chi connectivity index (χ0) is 18.7. The first-order valence-electron chi connectivity index (χ1n) is 9.56. The largest absolute Gasteiger partial charge is 0.477 e. The number of benzene rings is 4. The molecule has 1 aromatic heterocycles. The maximum absolute atomic E-state index is 6.45. The van der Waals surface area contributed by atoms with Gasteiger partial charge in [0.05, 0.1) is 0 Å². The number of hydrogen-bond acceptors (Lipinski definition) is 2. The molecule has 1 aliphatic rings. The van der Waals surface area contributed by atoms with Crippen LogP contribution in [0.25, 0.3) is 32.9 Å². The van der Waals surface area contributed by atoms with Gasteiger partial charge in [0.15, 0.2) is 11.9 Å². The topological polar surface area (TPSA) is 22.4 Å². The van der Waals surface area contributed by atoms with Crippen LogP contribution in [0.15, 0.2) is 89.3 Å². The highest BCUT2D eigenvalue weighted by Gasteiger charge is 2.33. The molecule has 0 radical (unpaired) electrons. The van der Waals surface area contributed by atoms with Gasteiger partial charge in [0.25, 0.3) is 0 Å². The van der Waals surface area contributed by atoms with Crippen LogP contribution in [0, 0.1) is 6.92 Å². The lowest BCUT2D eigenvalue weighted by Gasteiger charge is -2.26. The Morgan fingerprint density at radius 1 is 0.786 bits per heavy atom. The van der Waals surface area contributed by atoms with Crippen LogP contribution in [-0.2, 0) is 0 Å². The third-order valence-electron chi connectivity index (χ3n) is 5.60. The Bertz CT molecular complexity index is 1350. The first-order chi connectivity index (χ1) is 13.8. The van der Waals surface area contributed by atoms with E-state index in [1.54, 1.807) is 0 Å². The molecule has 2 nitrogen and oxygen atoms in total. The molecule has 0 fully saturated rings. The van der Waals surface area contributed by atoms with Gasteiger partial charge in [-0.3, -0.25) is 0 Å². The second-order valence-corrected chi connectivity index (χ2v) is 7.41. The number of hydrogen-bond donors (Lipinski definition) is 0. The van der Waals surface area contributed by atoms with E-state index in [1.807, 2.05) is 18.2 Å². The monoisotopic (exact) mass is 362 g/mol. The summed E-state index contributed by atoms with van der Waals surface area (Å²) in [6.45, 7) is 2.11. The Hall–Kier alpha value is -3.52. The lowest BCUT2D eigenvalue weighted by atomic mass is 9.91. The Balaban J connectivity index is 1.76. The molecule has 0 saturated heterocycles. The lowest BCUT2D eigenvalue weighted by molar-refractivity contribution is 0.214. The molecule has 28 heavy (non-hydrogen) atoms. The second kappa shape index (κ2) is 5.74. The van der Waals surface area contributed by atoms with Crippen molar-refractivity contribution in [3.63, 3.8) is 0 Å². The van der Waals surface area contributed by atoms with Gasteiger partial charge < -0.3 is 9.15 Å². The van der Waals surface area contributed by atoms with Crippen LogP contribution in [0.2, 0.25) is 0 Å². The van der Waals surface area contributed by atoms with Crippen LogP contribution in [0.4, 0.5) is 0 Å². The predicted molar refractivity (Wildman–Crippen MR) is 113 cm³/mol. The summed E-state index contributed by atoms with van der Waals surface area (Å²) in [6, 6.07) is 29.4. The third kappa shape index (κ3) is 2.15. The quantitative estimate of drug-likeness (QED) is 0.319. The minimum Gasteiger partial charge on any atom is -0.477 e. The molecule has 0 spiro atoms. The Kier molecular flexibility index (Phi) is 3.18. The smallest absolute Gasteiger partial charge is 0.182 e. The minimum atomic E-state index is -0.252. The molecule has 6 rings (SSSR count). The van der Waals surface area contributed by atoms with E-state index < -0.39 is 0 Å². The van der Waals surface area contributed by atoms with Gasteiger partial charge in [0.1, 0.15) is 11.3 Å². The van der Waals surface area contributed by atoms with E-state index in [1.165, 1.54) is 21.7 Å². The van der Waals surface area contributed by atoms with E-state index in [4.69, 9.17) is 9.15 Å². The highest BCUT2D eigenvalue weighted by atomic mass is 16.5. The molecule has 2 heteroatoms. The van der Waals surface area contributed by atoms with Gasteiger partial charge in [-0.15, -0.1) is 0 Å². The lowest BCUT2D eigenvalue weighted by Crippen LogP contribution is -2.14. The molecular weight excluding hydrogens is 344 g/mol. The number of aryl methyl sites for hydroxylation is 1. The van der Waals surface area contributed by atoms with E-state index in [-0.39, 0.29) is 6.10 Å². The summed E-state index contributed by atoms with van der Waals surface area (Å²) in [4.78, 5) is 0. The van der Waals surface area contributed by atoms with Crippen molar-refractivity contribution in [2.45, 2.75) is 13.0 Å². The fourth-order valence-corrected chi connectivity index (χ4v) is 4.31. The first kappa shape index (κ1) is 15.5. The summed E-state index contributed by atoms with van der Waals surface area (Å²) in [6.07, 6.45) is -0.252. The van der Waals surface area contributed by atoms with Gasteiger partial charge in [-0.05, 0) is 35.9 Å². The number of furan rings is 1. The summed E-state index contributed by atoms with van der Waals surface area (Å²) < 4.78 is 12.9. The Labute approximate surface area is 163 Å². The van der Waals surface area contributed by atoms with Crippen molar-refractivity contribution in [2.75, 3.05) is 0 Å². The van der Waals surface area contributed by atoms with Crippen LogP contribution in [0.3, 0.4) is 0 Å². The Morgan fingerprint density at radius 2 is 1.61 bits per heavy atom. The first-order valence-corrected chi connectivity index (χ1v) is 9.56. The van der Waals surface area contributed by atoms with Crippen molar-refractivity contribution in [2.24, 2.45) is 0 Å². The van der Waals surface area contributed by atoms with Gasteiger partial charge in [-0.1, -0.05) is 72.3 Å². The van der Waals surface area contributed by atoms with Crippen LogP contribution in [0.5, 0.6) is 5.75 Å². The van der Waals surface area contributed by atoms with Crippen LogP contribution < -0.4 is 4.74 Å². The summed E-state index contributed by atoms with van der Waals surface area (Å²) in [7, 11) is 0. The average molecular weight is 362 g/mol. The van der Waals surface area contributed by atoms with E-state index in [0.29, 0.717) is 0 Å². The maximum Gasteiger partial charge on any atom is 0.182 e. The van der Waals surface area contributed by atoms with Crippen molar-refractivity contribution < 1.29 is 9.15 Å². The van der Waals surface area contributed by atoms with Crippen LogP contribution in [0.1, 0.15) is 23.0 Å². The number of rotatable bonds is 1. The van der Waals surface area contributed by atoms with Gasteiger partial charge in [-0.2, -0.15) is 0 Å². The predicted octanol–water partition coefficient (Wildman–Crippen LogP) is 7.04. The standard InChI is InChI=1S/C26H18O2/c1-16-11-13-21-20(15-16)24-23-19-10-6-5-7-17(19)12-14-22(23)28-26(24)25(27-21)18-8-3-2-4-9-18/h2-15,25H,1H3/t25-/m0/s1. The molecule has 1 aliphatic heterocycles. The molecular formula is C26H18O2.